The summed E-state index contributed by atoms with van der Waals surface area (Å²) in [7, 11) is -13.0. The molecule has 0 aliphatic heterocycles. The molecule has 0 spiro atoms. The molecule has 0 aromatic carbocycles. The zero-order valence-corrected chi connectivity index (χ0v) is 33.2. The quantitative estimate of drug-likeness (QED) is 0.100. The molecule has 0 rings (SSSR count). The van der Waals surface area contributed by atoms with Crippen LogP contribution in [0.5, 0.6) is 0 Å². The van der Waals surface area contributed by atoms with E-state index in [1.54, 1.807) is 83.1 Å². The van der Waals surface area contributed by atoms with Crippen molar-refractivity contribution in [1.82, 2.24) is 0 Å². The van der Waals surface area contributed by atoms with Gasteiger partial charge in [-0.05, 0) is 94.1 Å². The second-order valence-corrected chi connectivity index (χ2v) is 14.9. The highest BCUT2D eigenvalue weighted by molar-refractivity contribution is 6.52. The summed E-state index contributed by atoms with van der Waals surface area (Å²) >= 11 is 0. The van der Waals surface area contributed by atoms with Crippen molar-refractivity contribution in [3.63, 3.8) is 0 Å². The van der Waals surface area contributed by atoms with E-state index in [0.29, 0.717) is 79.3 Å². The maximum absolute atomic E-state index is 9.48. The average molecular weight is 753 g/mol. The second kappa shape index (κ2) is 35.7. The predicted octanol–water partition coefficient (Wildman–Crippen LogP) is 0.644. The van der Waals surface area contributed by atoms with E-state index in [0.717, 1.165) is 0 Å². The first-order valence-corrected chi connectivity index (χ1v) is 22.0. The number of rotatable bonds is 24. The second-order valence-electron chi connectivity index (χ2n) is 7.29. The molecule has 0 atom stereocenters. The highest BCUT2D eigenvalue weighted by atomic mass is 28.4. The standard InChI is InChI=1S/4C6H16O4Si.H4Si/c4*1-4-8-11(7,9-5-2)10-6-3;/h4*7H,4-6H2,1-3H3;1H4. The molecular weight excluding hydrogens is 685 g/mol. The lowest BCUT2D eigenvalue weighted by Crippen LogP contribution is -2.46. The van der Waals surface area contributed by atoms with Gasteiger partial charge in [0.05, 0.1) is 0 Å². The lowest BCUT2D eigenvalue weighted by Gasteiger charge is -2.20. The average Bonchev–Trinajstić information content (AvgIpc) is 2.91. The van der Waals surface area contributed by atoms with Crippen LogP contribution in [-0.4, -0.2) is 146 Å². The van der Waals surface area contributed by atoms with E-state index < -0.39 is 36.2 Å². The molecule has 0 aromatic heterocycles. The molecule has 4 N–H and O–H groups in total. The van der Waals surface area contributed by atoms with Gasteiger partial charge >= 0.3 is 36.2 Å². The highest BCUT2D eigenvalue weighted by Crippen LogP contribution is 2.06. The Hall–Kier alpha value is 0.444. The Balaban J connectivity index is -0.000000157. The summed E-state index contributed by atoms with van der Waals surface area (Å²) in [5, 5.41) is 0. The van der Waals surface area contributed by atoms with Crippen molar-refractivity contribution in [2.75, 3.05) is 79.3 Å². The van der Waals surface area contributed by atoms with Gasteiger partial charge in [-0.3, -0.25) is 0 Å². The first-order valence-electron chi connectivity index (χ1n) is 15.3. The minimum atomic E-state index is -3.25. The monoisotopic (exact) mass is 752 g/mol. The zero-order valence-electron chi connectivity index (χ0n) is 29.2. The lowest BCUT2D eigenvalue weighted by molar-refractivity contribution is 0.000267. The smallest absolute Gasteiger partial charge is 0.367 e. The Kier molecular flexibility index (Phi) is 43.6. The largest absolute Gasteiger partial charge is 0.676 e. The lowest BCUT2D eigenvalue weighted by atomic mass is 10.9. The molecule has 0 fully saturated rings. The number of hydrogen-bond donors (Lipinski definition) is 4. The van der Waals surface area contributed by atoms with Gasteiger partial charge in [-0.25, -0.2) is 0 Å². The van der Waals surface area contributed by atoms with Crippen molar-refractivity contribution in [3.8, 4) is 0 Å². The summed E-state index contributed by atoms with van der Waals surface area (Å²) < 4.78 is 59.5. The summed E-state index contributed by atoms with van der Waals surface area (Å²) in [5.74, 6) is 0. The minimum Gasteiger partial charge on any atom is -0.367 e. The fourth-order valence-corrected chi connectivity index (χ4v) is 8.07. The van der Waals surface area contributed by atoms with Gasteiger partial charge in [0.2, 0.25) is 0 Å². The maximum atomic E-state index is 9.48. The molecule has 21 heteroatoms. The van der Waals surface area contributed by atoms with E-state index in [9.17, 15) is 19.2 Å². The minimum absolute atomic E-state index is 0. The van der Waals surface area contributed by atoms with Gasteiger partial charge in [0.25, 0.3) is 0 Å². The van der Waals surface area contributed by atoms with Gasteiger partial charge in [-0.2, -0.15) is 0 Å². The molecule has 0 aromatic rings. The summed E-state index contributed by atoms with van der Waals surface area (Å²) in [6.07, 6.45) is 0. The molecule has 0 heterocycles. The third kappa shape index (κ3) is 34.1. The molecule has 0 saturated heterocycles. The normalized spacial score (nSPS) is 11.7. The van der Waals surface area contributed by atoms with Crippen LogP contribution in [0.1, 0.15) is 83.1 Å². The van der Waals surface area contributed by atoms with Crippen LogP contribution in [0.15, 0.2) is 0 Å². The Morgan fingerprint density at radius 2 is 0.311 bits per heavy atom. The van der Waals surface area contributed by atoms with Gasteiger partial charge < -0.3 is 72.3 Å². The molecule has 0 aliphatic rings. The molecule has 16 nitrogen and oxygen atoms in total. The van der Waals surface area contributed by atoms with Crippen LogP contribution in [0.3, 0.4) is 0 Å². The fourth-order valence-electron chi connectivity index (χ4n) is 2.69. The third-order valence-corrected chi connectivity index (χ3v) is 11.8. The Bertz CT molecular complexity index is 426. The van der Waals surface area contributed by atoms with Gasteiger partial charge in [-0.1, -0.05) is 0 Å². The first-order chi connectivity index (χ1) is 20.7. The molecule has 45 heavy (non-hydrogen) atoms. The van der Waals surface area contributed by atoms with Crippen molar-refractivity contribution in [1.29, 1.82) is 0 Å². The summed E-state index contributed by atoms with van der Waals surface area (Å²) in [6, 6.07) is 0. The molecule has 0 unspecified atom stereocenters. The van der Waals surface area contributed by atoms with Crippen LogP contribution in [0.25, 0.3) is 0 Å². The first kappa shape index (κ1) is 54.9. The number of hydrogen-bond acceptors (Lipinski definition) is 16. The van der Waals surface area contributed by atoms with Gasteiger partial charge in [-0.15, -0.1) is 0 Å². The summed E-state index contributed by atoms with van der Waals surface area (Å²) in [4.78, 5) is 37.9. The van der Waals surface area contributed by atoms with Crippen LogP contribution < -0.4 is 0 Å². The van der Waals surface area contributed by atoms with Crippen molar-refractivity contribution >= 4 is 47.2 Å². The fraction of sp³-hybridized carbons (Fsp3) is 1.00. The van der Waals surface area contributed by atoms with Crippen molar-refractivity contribution in [2.45, 2.75) is 83.1 Å². The zero-order chi connectivity index (χ0) is 35.0. The van der Waals surface area contributed by atoms with Gasteiger partial charge in [0, 0.05) is 79.3 Å². The third-order valence-electron chi connectivity index (χ3n) is 3.92. The van der Waals surface area contributed by atoms with E-state index >= 15 is 0 Å². The Morgan fingerprint density at radius 1 is 0.244 bits per heavy atom. The van der Waals surface area contributed by atoms with E-state index in [1.165, 1.54) is 0 Å². The van der Waals surface area contributed by atoms with Crippen LogP contribution >= 0.6 is 0 Å². The molecule has 0 aliphatic carbocycles. The maximum Gasteiger partial charge on any atom is 0.676 e. The van der Waals surface area contributed by atoms with E-state index in [-0.39, 0.29) is 11.0 Å². The molecule has 0 bridgehead atoms. The van der Waals surface area contributed by atoms with Crippen LogP contribution in [0.2, 0.25) is 0 Å². The Morgan fingerprint density at radius 3 is 0.356 bits per heavy atom. The van der Waals surface area contributed by atoms with Crippen LogP contribution in [0.4, 0.5) is 0 Å². The van der Waals surface area contributed by atoms with Gasteiger partial charge in [0.15, 0.2) is 0 Å². The van der Waals surface area contributed by atoms with Gasteiger partial charge in [0.1, 0.15) is 0 Å². The highest BCUT2D eigenvalue weighted by Gasteiger charge is 2.41. The van der Waals surface area contributed by atoms with Crippen molar-refractivity contribution in [2.24, 2.45) is 0 Å². The topological polar surface area (TPSA) is 192 Å². The van der Waals surface area contributed by atoms with Crippen molar-refractivity contribution in [3.05, 3.63) is 0 Å². The van der Waals surface area contributed by atoms with Crippen LogP contribution in [-0.2, 0) is 53.1 Å². The molecule has 0 radical (unpaired) electrons. The Labute approximate surface area is 281 Å². The predicted molar refractivity (Wildman–Crippen MR) is 183 cm³/mol. The van der Waals surface area contributed by atoms with E-state index in [4.69, 9.17) is 53.1 Å². The van der Waals surface area contributed by atoms with Crippen LogP contribution in [0, 0.1) is 0 Å². The molecular formula is C24H68O16Si5. The van der Waals surface area contributed by atoms with Crippen molar-refractivity contribution < 1.29 is 72.3 Å². The molecule has 0 saturated carbocycles. The summed E-state index contributed by atoms with van der Waals surface area (Å²) in [6.45, 7) is 26.3. The molecule has 0 amide bonds. The van der Waals surface area contributed by atoms with E-state index in [2.05, 4.69) is 0 Å². The summed E-state index contributed by atoms with van der Waals surface area (Å²) in [5.41, 5.74) is 0. The van der Waals surface area contributed by atoms with E-state index in [1.807, 2.05) is 0 Å². The SMILES string of the molecule is CCO[Si](O)(OCC)OCC.CCO[Si](O)(OCC)OCC.CCO[Si](O)(OCC)OCC.CCO[Si](O)(OCC)OCC.[SiH4]. The molecule has 280 valence electrons.